The van der Waals surface area contributed by atoms with Gasteiger partial charge in [-0.2, -0.15) is 0 Å². The van der Waals surface area contributed by atoms with Crippen LogP contribution in [-0.2, 0) is 0 Å². The summed E-state index contributed by atoms with van der Waals surface area (Å²) in [6.45, 7) is 4.08. The van der Waals surface area contributed by atoms with Gasteiger partial charge in [0, 0.05) is 0 Å². The van der Waals surface area contributed by atoms with Gasteiger partial charge >= 0.3 is 51.4 Å². The van der Waals surface area contributed by atoms with E-state index in [4.69, 9.17) is 10.2 Å². The number of rotatable bonds is 6. The van der Waals surface area contributed by atoms with Crippen molar-refractivity contribution in [2.75, 3.05) is 13.1 Å². The first-order valence-electron chi connectivity index (χ1n) is 3.84. The summed E-state index contributed by atoms with van der Waals surface area (Å²) in [6, 6.07) is 1.02. The predicted molar refractivity (Wildman–Crippen MR) is 46.7 cm³/mol. The Morgan fingerprint density at radius 1 is 1.42 bits per heavy atom. The van der Waals surface area contributed by atoms with Crippen molar-refractivity contribution < 1.29 is 67.1 Å². The molecular formula is C6H18KNO3Si. The molecule has 0 bridgehead atoms. The molecule has 0 aliphatic heterocycles. The number of hydrogen-bond acceptors (Lipinski definition) is 4. The zero-order valence-electron chi connectivity index (χ0n) is 7.95. The Morgan fingerprint density at radius 3 is 2.42 bits per heavy atom. The molecule has 0 heterocycles. The first kappa shape index (κ1) is 19.3. The van der Waals surface area contributed by atoms with Crippen LogP contribution in [0.3, 0.4) is 0 Å². The van der Waals surface area contributed by atoms with Crippen LogP contribution < -0.4 is 56.7 Å². The van der Waals surface area contributed by atoms with E-state index in [-0.39, 0.29) is 56.9 Å². The average molecular weight is 219 g/mol. The van der Waals surface area contributed by atoms with Crippen molar-refractivity contribution in [1.82, 2.24) is 5.32 Å². The van der Waals surface area contributed by atoms with Crippen LogP contribution in [-0.4, -0.2) is 44.2 Å². The van der Waals surface area contributed by atoms with Crippen molar-refractivity contribution in [3.8, 4) is 0 Å². The largest absolute Gasteiger partial charge is 1.00 e. The molecule has 4 nitrogen and oxygen atoms in total. The minimum absolute atomic E-state index is 0. The van der Waals surface area contributed by atoms with Crippen LogP contribution in [0, 0.1) is 0 Å². The molecular weight excluding hydrogens is 201 g/mol. The van der Waals surface area contributed by atoms with Crippen LogP contribution in [0.4, 0.5) is 0 Å². The molecule has 0 rings (SSSR count). The molecule has 4 N–H and O–H groups in total. The van der Waals surface area contributed by atoms with Crippen molar-refractivity contribution >= 4 is 9.52 Å². The van der Waals surface area contributed by atoms with E-state index in [2.05, 4.69) is 12.2 Å². The normalized spacial score (nSPS) is 10.0. The summed E-state index contributed by atoms with van der Waals surface area (Å²) in [5.41, 5.74) is 0. The summed E-state index contributed by atoms with van der Waals surface area (Å²) >= 11 is 0. The third-order valence-electron chi connectivity index (χ3n) is 1.32. The summed E-state index contributed by atoms with van der Waals surface area (Å²) < 4.78 is 0. The third kappa shape index (κ3) is 17.7. The van der Waals surface area contributed by atoms with Gasteiger partial charge in [0.1, 0.15) is 5.91 Å². The monoisotopic (exact) mass is 219 g/mol. The average Bonchev–Trinajstić information content (AvgIpc) is 1.87. The molecule has 0 atom stereocenters. The second-order valence-electron chi connectivity index (χ2n) is 2.33. The van der Waals surface area contributed by atoms with Crippen molar-refractivity contribution in [2.24, 2.45) is 0 Å². The van der Waals surface area contributed by atoms with Crippen LogP contribution >= 0.6 is 0 Å². The fourth-order valence-corrected chi connectivity index (χ4v) is 1.66. The molecule has 0 radical (unpaired) electrons. The zero-order valence-corrected chi connectivity index (χ0v) is 12.5. The topological polar surface area (TPSA) is 82.5 Å². The van der Waals surface area contributed by atoms with Gasteiger partial charge in [0.05, 0.1) is 9.52 Å². The molecule has 12 heavy (non-hydrogen) atoms. The van der Waals surface area contributed by atoms with Crippen LogP contribution in [0.1, 0.15) is 13.3 Å². The van der Waals surface area contributed by atoms with E-state index in [1.807, 2.05) is 0 Å². The molecule has 0 aromatic carbocycles. The van der Waals surface area contributed by atoms with Gasteiger partial charge in [-0.15, -0.1) is 0 Å². The number of aliphatic hydroxyl groups is 2. The van der Waals surface area contributed by atoms with Crippen LogP contribution in [0.5, 0.6) is 0 Å². The van der Waals surface area contributed by atoms with E-state index >= 15 is 0 Å². The Morgan fingerprint density at radius 2 is 2.00 bits per heavy atom. The van der Waals surface area contributed by atoms with Gasteiger partial charge in [0.25, 0.3) is 0 Å². The van der Waals surface area contributed by atoms with Crippen molar-refractivity contribution in [3.05, 3.63) is 0 Å². The zero-order chi connectivity index (χ0) is 7.82. The minimum atomic E-state index is -0.985. The van der Waals surface area contributed by atoms with Crippen molar-refractivity contribution in [1.29, 1.82) is 0 Å². The second kappa shape index (κ2) is 15.2. The molecule has 0 aliphatic rings. The van der Waals surface area contributed by atoms with E-state index in [1.54, 1.807) is 0 Å². The number of aliphatic hydroxyl groups excluding tert-OH is 1. The molecule has 70 valence electrons. The van der Waals surface area contributed by atoms with Gasteiger partial charge in [-0.25, -0.2) is 0 Å². The molecule has 6 heteroatoms. The van der Waals surface area contributed by atoms with E-state index in [0.717, 1.165) is 25.6 Å². The molecule has 0 aromatic rings. The maximum atomic E-state index is 8.51. The first-order valence-corrected chi connectivity index (χ1v) is 5.66. The SMILES string of the molecule is CCNCCC[SiH2]C(O)O.[K+].[OH-]. The van der Waals surface area contributed by atoms with Gasteiger partial charge in [-0.05, 0) is 19.5 Å². The first-order chi connectivity index (χ1) is 4.77. The number of hydrogen-bond donors (Lipinski definition) is 3. The van der Waals surface area contributed by atoms with Crippen molar-refractivity contribution in [3.63, 3.8) is 0 Å². The smallest absolute Gasteiger partial charge is 0.870 e. The predicted octanol–water partition coefficient (Wildman–Crippen LogP) is -4.33. The molecule has 0 aromatic heterocycles. The van der Waals surface area contributed by atoms with Crippen LogP contribution in [0.25, 0.3) is 0 Å². The van der Waals surface area contributed by atoms with Gasteiger partial charge < -0.3 is 21.0 Å². The maximum absolute atomic E-state index is 8.51. The van der Waals surface area contributed by atoms with E-state index in [0.29, 0.717) is 0 Å². The third-order valence-corrected chi connectivity index (χ3v) is 2.74. The van der Waals surface area contributed by atoms with Gasteiger partial charge in [-0.1, -0.05) is 13.0 Å². The fraction of sp³-hybridized carbons (Fsp3) is 1.00. The number of nitrogens with one attached hydrogen (secondary N) is 1. The fourth-order valence-electron chi connectivity index (χ4n) is 0.754. The Bertz CT molecular complexity index is 77.8. The van der Waals surface area contributed by atoms with Gasteiger partial charge in [-0.3, -0.25) is 0 Å². The van der Waals surface area contributed by atoms with E-state index in [9.17, 15) is 0 Å². The summed E-state index contributed by atoms with van der Waals surface area (Å²) in [7, 11) is -0.611. The van der Waals surface area contributed by atoms with E-state index in [1.165, 1.54) is 0 Å². The van der Waals surface area contributed by atoms with Crippen LogP contribution in [0.15, 0.2) is 0 Å². The minimum Gasteiger partial charge on any atom is -0.870 e. The standard InChI is InChI=1S/C6H17NO2Si.K.H2O/c1-2-7-4-3-5-10-6(8)9;;/h6-9H,2-5,10H2,1H3;;1H2/q;+1;/p-1. The Kier molecular flexibility index (Phi) is 24.4. The van der Waals surface area contributed by atoms with Crippen LogP contribution in [0.2, 0.25) is 6.04 Å². The summed E-state index contributed by atoms with van der Waals surface area (Å²) in [6.07, 6.45) is 1.08. The second-order valence-corrected chi connectivity index (χ2v) is 4.34. The summed E-state index contributed by atoms with van der Waals surface area (Å²) in [4.78, 5) is 0. The summed E-state index contributed by atoms with van der Waals surface area (Å²) in [5, 5.41) is 20.2. The van der Waals surface area contributed by atoms with Crippen molar-refractivity contribution in [2.45, 2.75) is 25.3 Å². The molecule has 0 unspecified atom stereocenters. The Labute approximate surface area is 119 Å². The summed E-state index contributed by atoms with van der Waals surface area (Å²) in [5.74, 6) is -0.985. The molecule has 0 amide bonds. The van der Waals surface area contributed by atoms with E-state index < -0.39 is 15.4 Å². The Balaban J connectivity index is -0.000000405. The molecule has 0 aliphatic carbocycles. The molecule has 0 spiro atoms. The molecule has 0 fully saturated rings. The Hall–Kier alpha value is 1.69. The molecule has 0 saturated carbocycles. The maximum Gasteiger partial charge on any atom is 1.00 e. The van der Waals surface area contributed by atoms with Gasteiger partial charge in [0.2, 0.25) is 0 Å². The molecule has 0 saturated heterocycles. The van der Waals surface area contributed by atoms with Gasteiger partial charge in [0.15, 0.2) is 0 Å². The quantitative estimate of drug-likeness (QED) is 0.240.